The number of guanidine groups is 1. The molecule has 2 aliphatic rings. The van der Waals surface area contributed by atoms with E-state index in [2.05, 4.69) is 52.4 Å². The number of anilines is 1. The minimum absolute atomic E-state index is 0. The Bertz CT molecular complexity index is 602. The SMILES string of the molecule is CCNC(=NCCCN1CCCC1=O)N1CCN(c2ccccc2)CC1.I. The Hall–Kier alpha value is -1.51. The van der Waals surface area contributed by atoms with Gasteiger partial charge in [-0.25, -0.2) is 0 Å². The maximum atomic E-state index is 11.7. The van der Waals surface area contributed by atoms with Crippen molar-refractivity contribution in [3.63, 3.8) is 0 Å². The van der Waals surface area contributed by atoms with Crippen LogP contribution in [-0.2, 0) is 4.79 Å². The Labute approximate surface area is 180 Å². The van der Waals surface area contributed by atoms with Crippen LogP contribution in [-0.4, -0.2) is 74.0 Å². The van der Waals surface area contributed by atoms with Gasteiger partial charge in [-0.3, -0.25) is 9.79 Å². The standard InChI is InChI=1S/C20H31N5O.HI/c1-2-21-20(22-11-7-13-24-12-6-10-19(24)26)25-16-14-23(15-17-25)18-8-4-3-5-9-18;/h3-5,8-9H,2,6-7,10-17H2,1H3,(H,21,22);1H. The maximum Gasteiger partial charge on any atom is 0.222 e. The van der Waals surface area contributed by atoms with Gasteiger partial charge in [0.1, 0.15) is 0 Å². The van der Waals surface area contributed by atoms with Gasteiger partial charge in [0.2, 0.25) is 5.91 Å². The number of para-hydroxylation sites is 1. The van der Waals surface area contributed by atoms with E-state index in [-0.39, 0.29) is 24.0 Å². The Morgan fingerprint density at radius 1 is 1.11 bits per heavy atom. The normalized spacial score (nSPS) is 17.9. The molecule has 0 aromatic heterocycles. The average Bonchev–Trinajstić information content (AvgIpc) is 3.10. The van der Waals surface area contributed by atoms with Gasteiger partial charge in [-0.1, -0.05) is 18.2 Å². The number of rotatable bonds is 6. The molecule has 1 aromatic carbocycles. The molecule has 2 saturated heterocycles. The monoisotopic (exact) mass is 485 g/mol. The summed E-state index contributed by atoms with van der Waals surface area (Å²) in [7, 11) is 0. The second-order valence-electron chi connectivity index (χ2n) is 6.88. The van der Waals surface area contributed by atoms with Crippen molar-refractivity contribution >= 4 is 41.5 Å². The first-order valence-corrected chi connectivity index (χ1v) is 9.89. The fraction of sp³-hybridized carbons (Fsp3) is 0.600. The third-order valence-electron chi connectivity index (χ3n) is 5.05. The number of amides is 1. The van der Waals surface area contributed by atoms with Gasteiger partial charge in [-0.2, -0.15) is 0 Å². The summed E-state index contributed by atoms with van der Waals surface area (Å²) >= 11 is 0. The highest BCUT2D eigenvalue weighted by molar-refractivity contribution is 14.0. The number of likely N-dealkylation sites (tertiary alicyclic amines) is 1. The number of benzene rings is 1. The molecule has 2 aliphatic heterocycles. The highest BCUT2D eigenvalue weighted by Gasteiger charge is 2.20. The number of piperazine rings is 1. The topological polar surface area (TPSA) is 51.2 Å². The van der Waals surface area contributed by atoms with Gasteiger partial charge < -0.3 is 20.0 Å². The van der Waals surface area contributed by atoms with E-state index in [9.17, 15) is 4.79 Å². The van der Waals surface area contributed by atoms with Gasteiger partial charge in [-0.05, 0) is 31.9 Å². The molecule has 3 rings (SSSR count). The van der Waals surface area contributed by atoms with Crippen LogP contribution >= 0.6 is 24.0 Å². The fourth-order valence-corrected chi connectivity index (χ4v) is 3.63. The number of nitrogens with one attached hydrogen (secondary N) is 1. The zero-order valence-corrected chi connectivity index (χ0v) is 18.6. The zero-order valence-electron chi connectivity index (χ0n) is 16.3. The second-order valence-corrected chi connectivity index (χ2v) is 6.88. The lowest BCUT2D eigenvalue weighted by Gasteiger charge is -2.37. The van der Waals surface area contributed by atoms with Crippen molar-refractivity contribution in [3.05, 3.63) is 30.3 Å². The molecule has 0 aliphatic carbocycles. The summed E-state index contributed by atoms with van der Waals surface area (Å²) in [6, 6.07) is 10.6. The van der Waals surface area contributed by atoms with Crippen molar-refractivity contribution in [1.29, 1.82) is 0 Å². The Morgan fingerprint density at radius 2 is 1.85 bits per heavy atom. The molecule has 1 amide bonds. The van der Waals surface area contributed by atoms with Crippen molar-refractivity contribution < 1.29 is 4.79 Å². The number of carbonyl (C=O) groups is 1. The molecule has 0 atom stereocenters. The van der Waals surface area contributed by atoms with Crippen LogP contribution in [0, 0.1) is 0 Å². The summed E-state index contributed by atoms with van der Waals surface area (Å²) in [5, 5.41) is 3.42. The lowest BCUT2D eigenvalue weighted by atomic mass is 10.2. The summed E-state index contributed by atoms with van der Waals surface area (Å²) in [4.78, 5) is 23.2. The molecule has 2 fully saturated rings. The number of carbonyl (C=O) groups excluding carboxylic acids is 1. The molecule has 0 unspecified atom stereocenters. The molecule has 2 heterocycles. The van der Waals surface area contributed by atoms with Crippen LogP contribution in [0.15, 0.2) is 35.3 Å². The van der Waals surface area contributed by atoms with Crippen molar-refractivity contribution in [2.75, 3.05) is 57.3 Å². The molecule has 1 N–H and O–H groups in total. The van der Waals surface area contributed by atoms with E-state index in [1.807, 2.05) is 4.90 Å². The lowest BCUT2D eigenvalue weighted by Crippen LogP contribution is -2.52. The van der Waals surface area contributed by atoms with E-state index in [0.717, 1.165) is 77.6 Å². The minimum atomic E-state index is 0. The lowest BCUT2D eigenvalue weighted by molar-refractivity contribution is -0.127. The fourth-order valence-electron chi connectivity index (χ4n) is 3.63. The molecular formula is C20H32IN5O. The molecule has 0 radical (unpaired) electrons. The number of aliphatic imine (C=N–C) groups is 1. The number of halogens is 1. The molecule has 0 bridgehead atoms. The first-order chi connectivity index (χ1) is 12.8. The molecule has 27 heavy (non-hydrogen) atoms. The van der Waals surface area contributed by atoms with E-state index >= 15 is 0 Å². The molecule has 7 heteroatoms. The van der Waals surface area contributed by atoms with Crippen molar-refractivity contribution in [1.82, 2.24) is 15.1 Å². The van der Waals surface area contributed by atoms with E-state index in [1.54, 1.807) is 0 Å². The largest absolute Gasteiger partial charge is 0.368 e. The highest BCUT2D eigenvalue weighted by atomic mass is 127. The number of hydrogen-bond acceptors (Lipinski definition) is 3. The van der Waals surface area contributed by atoms with Crippen molar-refractivity contribution in [3.8, 4) is 0 Å². The van der Waals surface area contributed by atoms with E-state index < -0.39 is 0 Å². The summed E-state index contributed by atoms with van der Waals surface area (Å²) in [6.07, 6.45) is 2.67. The van der Waals surface area contributed by atoms with Gasteiger partial charge in [0.25, 0.3) is 0 Å². The summed E-state index contributed by atoms with van der Waals surface area (Å²) in [5.74, 6) is 1.31. The van der Waals surface area contributed by atoms with Gasteiger partial charge in [-0.15, -0.1) is 24.0 Å². The third kappa shape index (κ3) is 6.26. The highest BCUT2D eigenvalue weighted by Crippen LogP contribution is 2.15. The maximum absolute atomic E-state index is 11.7. The van der Waals surface area contributed by atoms with Gasteiger partial charge in [0, 0.05) is 64.5 Å². The minimum Gasteiger partial charge on any atom is -0.368 e. The zero-order chi connectivity index (χ0) is 18.2. The summed E-state index contributed by atoms with van der Waals surface area (Å²) < 4.78 is 0. The van der Waals surface area contributed by atoms with Crippen LogP contribution in [0.1, 0.15) is 26.2 Å². The summed E-state index contributed by atoms with van der Waals surface area (Å²) in [6.45, 7) is 9.49. The van der Waals surface area contributed by atoms with Crippen LogP contribution in [0.4, 0.5) is 5.69 Å². The predicted octanol–water partition coefficient (Wildman–Crippen LogP) is 2.40. The first kappa shape index (κ1) is 21.8. The Kier molecular flexibility index (Phi) is 9.17. The first-order valence-electron chi connectivity index (χ1n) is 9.89. The van der Waals surface area contributed by atoms with Gasteiger partial charge in [0.05, 0.1) is 0 Å². The summed E-state index contributed by atoms with van der Waals surface area (Å²) in [5.41, 5.74) is 1.30. The van der Waals surface area contributed by atoms with E-state index in [4.69, 9.17) is 4.99 Å². The van der Waals surface area contributed by atoms with Crippen LogP contribution in [0.2, 0.25) is 0 Å². The van der Waals surface area contributed by atoms with E-state index in [1.165, 1.54) is 5.69 Å². The molecule has 6 nitrogen and oxygen atoms in total. The molecular weight excluding hydrogens is 453 g/mol. The Balaban J connectivity index is 0.00000261. The van der Waals surface area contributed by atoms with Gasteiger partial charge >= 0.3 is 0 Å². The van der Waals surface area contributed by atoms with E-state index in [0.29, 0.717) is 5.91 Å². The van der Waals surface area contributed by atoms with Crippen LogP contribution in [0.3, 0.4) is 0 Å². The number of nitrogens with zero attached hydrogens (tertiary/aromatic N) is 4. The Morgan fingerprint density at radius 3 is 2.48 bits per heavy atom. The molecule has 1 aromatic rings. The van der Waals surface area contributed by atoms with Crippen LogP contribution in [0.5, 0.6) is 0 Å². The van der Waals surface area contributed by atoms with Crippen molar-refractivity contribution in [2.45, 2.75) is 26.2 Å². The second kappa shape index (κ2) is 11.4. The van der Waals surface area contributed by atoms with Crippen LogP contribution in [0.25, 0.3) is 0 Å². The molecule has 0 saturated carbocycles. The smallest absolute Gasteiger partial charge is 0.222 e. The average molecular weight is 485 g/mol. The third-order valence-corrected chi connectivity index (χ3v) is 5.05. The molecule has 0 spiro atoms. The number of hydrogen-bond donors (Lipinski definition) is 1. The molecule has 150 valence electrons. The van der Waals surface area contributed by atoms with Crippen LogP contribution < -0.4 is 10.2 Å². The van der Waals surface area contributed by atoms with Crippen molar-refractivity contribution in [2.24, 2.45) is 4.99 Å². The van der Waals surface area contributed by atoms with Gasteiger partial charge in [0.15, 0.2) is 5.96 Å². The quantitative estimate of drug-likeness (QED) is 0.291. The predicted molar refractivity (Wildman–Crippen MR) is 122 cm³/mol.